The molecule has 2 heterocycles. The highest BCUT2D eigenvalue weighted by molar-refractivity contribution is 6.02. The van der Waals surface area contributed by atoms with Gasteiger partial charge in [-0.3, -0.25) is 9.78 Å². The highest BCUT2D eigenvalue weighted by Crippen LogP contribution is 2.32. The number of hydrogen-bond donors (Lipinski definition) is 1. The number of aryl methyl sites for hydroxylation is 1. The molecule has 0 saturated carbocycles. The van der Waals surface area contributed by atoms with E-state index in [0.717, 1.165) is 12.1 Å². The molecule has 3 aromatic rings. The molecule has 168 valence electrons. The molecule has 7 nitrogen and oxygen atoms in total. The van der Waals surface area contributed by atoms with Gasteiger partial charge in [0.2, 0.25) is 0 Å². The number of carbonyl (C=O) groups excluding carboxylic acids is 2. The van der Waals surface area contributed by atoms with E-state index in [2.05, 4.69) is 15.5 Å². The summed E-state index contributed by atoms with van der Waals surface area (Å²) in [5.41, 5.74) is 0.0766. The number of amides is 1. The number of nitrogens with zero attached hydrogens (tertiary/aromatic N) is 2. The Morgan fingerprint density at radius 2 is 1.88 bits per heavy atom. The van der Waals surface area contributed by atoms with E-state index in [1.807, 2.05) is 0 Å². The molecular formula is C22H20F3N3O4. The number of halogens is 3. The molecule has 32 heavy (non-hydrogen) atoms. The molecule has 2 aromatic heterocycles. The van der Waals surface area contributed by atoms with E-state index in [4.69, 9.17) is 9.26 Å². The number of ether oxygens (including phenoxy) is 1. The average Bonchev–Trinajstić information content (AvgIpc) is 3.15. The van der Waals surface area contributed by atoms with Crippen LogP contribution in [0.1, 0.15) is 34.3 Å². The summed E-state index contributed by atoms with van der Waals surface area (Å²) in [4.78, 5) is 29.6. The first kappa shape index (κ1) is 23.0. The van der Waals surface area contributed by atoms with Gasteiger partial charge >= 0.3 is 12.1 Å². The summed E-state index contributed by atoms with van der Waals surface area (Å²) in [6.07, 6.45) is -2.84. The van der Waals surface area contributed by atoms with Crippen LogP contribution >= 0.6 is 0 Å². The molecule has 0 saturated heterocycles. The van der Waals surface area contributed by atoms with Gasteiger partial charge in [0.15, 0.2) is 0 Å². The van der Waals surface area contributed by atoms with E-state index >= 15 is 0 Å². The van der Waals surface area contributed by atoms with Gasteiger partial charge in [-0.25, -0.2) is 4.79 Å². The topological polar surface area (TPSA) is 94.3 Å². The van der Waals surface area contributed by atoms with E-state index in [9.17, 15) is 22.8 Å². The summed E-state index contributed by atoms with van der Waals surface area (Å²) in [6, 6.07) is 8.33. The predicted molar refractivity (Wildman–Crippen MR) is 108 cm³/mol. The van der Waals surface area contributed by atoms with Gasteiger partial charge in [-0.05, 0) is 38.1 Å². The molecule has 0 bridgehead atoms. The van der Waals surface area contributed by atoms with Crippen LogP contribution in [0.4, 0.5) is 13.2 Å². The summed E-state index contributed by atoms with van der Waals surface area (Å²) in [5.74, 6) is -1.16. The number of carbonyl (C=O) groups is 2. The van der Waals surface area contributed by atoms with Gasteiger partial charge in [-0.1, -0.05) is 23.4 Å². The zero-order chi connectivity index (χ0) is 23.3. The Morgan fingerprint density at radius 3 is 2.47 bits per heavy atom. The second-order valence-corrected chi connectivity index (χ2v) is 6.84. The SMILES string of the molecule is CCOC(=O)C(Cc1ccccn1)NC(=O)c1c(-c2ccc(C(F)(F)F)cc2)noc1C. The van der Waals surface area contributed by atoms with Crippen molar-refractivity contribution in [1.82, 2.24) is 15.5 Å². The minimum Gasteiger partial charge on any atom is -0.464 e. The minimum atomic E-state index is -4.49. The summed E-state index contributed by atoms with van der Waals surface area (Å²) in [7, 11) is 0. The first-order valence-corrected chi connectivity index (χ1v) is 9.72. The van der Waals surface area contributed by atoms with Crippen molar-refractivity contribution in [3.63, 3.8) is 0 Å². The van der Waals surface area contributed by atoms with Crippen molar-refractivity contribution in [3.05, 3.63) is 71.2 Å². The van der Waals surface area contributed by atoms with Crippen molar-refractivity contribution in [2.45, 2.75) is 32.5 Å². The van der Waals surface area contributed by atoms with Crippen LogP contribution < -0.4 is 5.32 Å². The molecule has 0 fully saturated rings. The van der Waals surface area contributed by atoms with E-state index < -0.39 is 29.7 Å². The van der Waals surface area contributed by atoms with E-state index in [-0.39, 0.29) is 35.6 Å². The molecule has 0 aliphatic carbocycles. The van der Waals surface area contributed by atoms with Crippen LogP contribution in [-0.2, 0) is 22.1 Å². The average molecular weight is 447 g/mol. The standard InChI is InChI=1S/C22H20F3N3O4/c1-3-31-21(30)17(12-16-6-4-5-11-26-16)27-20(29)18-13(2)32-28-19(18)14-7-9-15(10-8-14)22(23,24)25/h4-11,17H,3,12H2,1-2H3,(H,27,29). The van der Waals surface area contributed by atoms with Crippen LogP contribution in [-0.4, -0.2) is 34.7 Å². The minimum absolute atomic E-state index is 0.0140. The Kier molecular flexibility index (Phi) is 6.92. The van der Waals surface area contributed by atoms with Gasteiger partial charge in [-0.15, -0.1) is 0 Å². The van der Waals surface area contributed by atoms with Crippen LogP contribution in [0.25, 0.3) is 11.3 Å². The van der Waals surface area contributed by atoms with Crippen LogP contribution in [0, 0.1) is 6.92 Å². The smallest absolute Gasteiger partial charge is 0.416 e. The summed E-state index contributed by atoms with van der Waals surface area (Å²) in [6.45, 7) is 3.26. The molecule has 1 N–H and O–H groups in total. The van der Waals surface area contributed by atoms with Gasteiger partial charge in [-0.2, -0.15) is 13.2 Å². The molecular weight excluding hydrogens is 427 g/mol. The number of benzene rings is 1. The molecule has 1 atom stereocenters. The van der Waals surface area contributed by atoms with Crippen molar-refractivity contribution >= 4 is 11.9 Å². The monoisotopic (exact) mass is 447 g/mol. The van der Waals surface area contributed by atoms with Gasteiger partial charge in [0.05, 0.1) is 12.2 Å². The second kappa shape index (κ2) is 9.63. The van der Waals surface area contributed by atoms with Crippen LogP contribution in [0.3, 0.4) is 0 Å². The van der Waals surface area contributed by atoms with Gasteiger partial charge < -0.3 is 14.6 Å². The van der Waals surface area contributed by atoms with Gasteiger partial charge in [0.25, 0.3) is 5.91 Å². The largest absolute Gasteiger partial charge is 0.464 e. The van der Waals surface area contributed by atoms with E-state index in [1.54, 1.807) is 31.3 Å². The highest BCUT2D eigenvalue weighted by atomic mass is 19.4. The lowest BCUT2D eigenvalue weighted by Gasteiger charge is -2.17. The van der Waals surface area contributed by atoms with Gasteiger partial charge in [0, 0.05) is 23.9 Å². The first-order valence-electron chi connectivity index (χ1n) is 9.72. The number of esters is 1. The third-order valence-corrected chi connectivity index (χ3v) is 4.59. The van der Waals surface area contributed by atoms with Crippen molar-refractivity contribution < 1.29 is 32.0 Å². The zero-order valence-corrected chi connectivity index (χ0v) is 17.3. The molecule has 10 heteroatoms. The normalized spacial score (nSPS) is 12.3. The second-order valence-electron chi connectivity index (χ2n) is 6.84. The Labute approximate surface area is 181 Å². The lowest BCUT2D eigenvalue weighted by atomic mass is 10.0. The van der Waals surface area contributed by atoms with Crippen molar-refractivity contribution in [2.24, 2.45) is 0 Å². The lowest BCUT2D eigenvalue weighted by molar-refractivity contribution is -0.145. The summed E-state index contributed by atoms with van der Waals surface area (Å²) in [5, 5.41) is 6.43. The lowest BCUT2D eigenvalue weighted by Crippen LogP contribution is -2.43. The number of alkyl halides is 3. The molecule has 1 unspecified atom stereocenters. The Bertz CT molecular complexity index is 1080. The predicted octanol–water partition coefficient (Wildman–Crippen LogP) is 3.97. The Morgan fingerprint density at radius 1 is 1.16 bits per heavy atom. The molecule has 1 aromatic carbocycles. The number of aromatic nitrogens is 2. The number of rotatable bonds is 7. The van der Waals surface area contributed by atoms with Crippen molar-refractivity contribution in [1.29, 1.82) is 0 Å². The van der Waals surface area contributed by atoms with Crippen LogP contribution in [0.2, 0.25) is 0 Å². The quantitative estimate of drug-likeness (QED) is 0.551. The Balaban J connectivity index is 1.87. The fourth-order valence-electron chi connectivity index (χ4n) is 3.05. The third-order valence-electron chi connectivity index (χ3n) is 4.59. The third kappa shape index (κ3) is 5.32. The van der Waals surface area contributed by atoms with E-state index in [1.165, 1.54) is 19.1 Å². The fourth-order valence-corrected chi connectivity index (χ4v) is 3.05. The molecule has 0 aliphatic rings. The van der Waals surface area contributed by atoms with E-state index in [0.29, 0.717) is 5.69 Å². The molecule has 1 amide bonds. The molecule has 3 rings (SSSR count). The van der Waals surface area contributed by atoms with Gasteiger partial charge in [0.1, 0.15) is 23.1 Å². The van der Waals surface area contributed by atoms with Crippen LogP contribution in [0.15, 0.2) is 53.2 Å². The molecule has 0 radical (unpaired) electrons. The Hall–Kier alpha value is -3.69. The number of nitrogens with one attached hydrogen (secondary N) is 1. The zero-order valence-electron chi connectivity index (χ0n) is 17.3. The highest BCUT2D eigenvalue weighted by Gasteiger charge is 2.31. The van der Waals surface area contributed by atoms with Crippen LogP contribution in [0.5, 0.6) is 0 Å². The summed E-state index contributed by atoms with van der Waals surface area (Å²) < 4.78 is 48.7. The summed E-state index contributed by atoms with van der Waals surface area (Å²) >= 11 is 0. The van der Waals surface area contributed by atoms with Crippen molar-refractivity contribution in [2.75, 3.05) is 6.61 Å². The number of pyridine rings is 1. The maximum absolute atomic E-state index is 13.0. The number of hydrogen-bond acceptors (Lipinski definition) is 6. The molecule has 0 spiro atoms. The molecule has 0 aliphatic heterocycles. The fraction of sp³-hybridized carbons (Fsp3) is 0.273. The van der Waals surface area contributed by atoms with Crippen molar-refractivity contribution in [3.8, 4) is 11.3 Å². The maximum atomic E-state index is 13.0. The maximum Gasteiger partial charge on any atom is 0.416 e. The first-order chi connectivity index (χ1) is 15.2.